The first-order valence-electron chi connectivity index (χ1n) is 8.08. The number of aryl methyl sites for hydroxylation is 1. The first-order chi connectivity index (χ1) is 11.4. The SMILES string of the molecule is CN(C)CCCNC(=O)C(=O)Nc1sc2c(c1C(N)=O)CCCC2. The summed E-state index contributed by atoms with van der Waals surface area (Å²) in [6, 6.07) is 0. The number of nitrogens with one attached hydrogen (secondary N) is 2. The highest BCUT2D eigenvalue weighted by molar-refractivity contribution is 7.17. The standard InChI is InChI=1S/C16H24N4O3S/c1-20(2)9-5-8-18-14(22)15(23)19-16-12(13(17)21)10-6-3-4-7-11(10)24-16/h3-9H2,1-2H3,(H2,17,21)(H,18,22)(H,19,23). The summed E-state index contributed by atoms with van der Waals surface area (Å²) in [6.07, 6.45) is 4.49. The van der Waals surface area contributed by atoms with Gasteiger partial charge in [-0.25, -0.2) is 0 Å². The van der Waals surface area contributed by atoms with E-state index in [1.165, 1.54) is 11.3 Å². The molecule has 0 saturated carbocycles. The number of primary amides is 1. The molecule has 8 heteroatoms. The van der Waals surface area contributed by atoms with Gasteiger partial charge in [-0.15, -0.1) is 11.3 Å². The highest BCUT2D eigenvalue weighted by atomic mass is 32.1. The van der Waals surface area contributed by atoms with Crippen molar-refractivity contribution in [3.63, 3.8) is 0 Å². The summed E-state index contributed by atoms with van der Waals surface area (Å²) < 4.78 is 0. The van der Waals surface area contributed by atoms with Gasteiger partial charge in [0.15, 0.2) is 0 Å². The van der Waals surface area contributed by atoms with Gasteiger partial charge in [-0.3, -0.25) is 14.4 Å². The Bertz CT molecular complexity index is 640. The van der Waals surface area contributed by atoms with E-state index >= 15 is 0 Å². The zero-order valence-electron chi connectivity index (χ0n) is 14.1. The summed E-state index contributed by atoms with van der Waals surface area (Å²) in [6.45, 7) is 1.25. The van der Waals surface area contributed by atoms with Crippen LogP contribution in [0.3, 0.4) is 0 Å². The average Bonchev–Trinajstić information content (AvgIpc) is 2.88. The first-order valence-corrected chi connectivity index (χ1v) is 8.90. The molecule has 3 amide bonds. The van der Waals surface area contributed by atoms with Crippen LogP contribution < -0.4 is 16.4 Å². The third-order valence-corrected chi connectivity index (χ3v) is 5.13. The molecule has 4 N–H and O–H groups in total. The van der Waals surface area contributed by atoms with Crippen molar-refractivity contribution in [1.82, 2.24) is 10.2 Å². The molecule has 0 aliphatic heterocycles. The Kier molecular flexibility index (Phi) is 6.33. The molecule has 0 bridgehead atoms. The van der Waals surface area contributed by atoms with Gasteiger partial charge in [0.05, 0.1) is 5.56 Å². The fourth-order valence-corrected chi connectivity index (χ4v) is 4.04. The van der Waals surface area contributed by atoms with E-state index in [4.69, 9.17) is 5.73 Å². The Hall–Kier alpha value is -1.93. The van der Waals surface area contributed by atoms with Crippen molar-refractivity contribution in [3.05, 3.63) is 16.0 Å². The number of amides is 3. The van der Waals surface area contributed by atoms with Crippen LogP contribution in [-0.4, -0.2) is 49.8 Å². The van der Waals surface area contributed by atoms with Gasteiger partial charge < -0.3 is 21.3 Å². The molecular weight excluding hydrogens is 328 g/mol. The van der Waals surface area contributed by atoms with Crippen molar-refractivity contribution in [3.8, 4) is 0 Å². The number of hydrogen-bond donors (Lipinski definition) is 3. The van der Waals surface area contributed by atoms with Crippen molar-refractivity contribution in [2.75, 3.05) is 32.5 Å². The minimum atomic E-state index is -0.763. The molecule has 0 fully saturated rings. The van der Waals surface area contributed by atoms with Crippen LogP contribution in [0.5, 0.6) is 0 Å². The number of anilines is 1. The summed E-state index contributed by atoms with van der Waals surface area (Å²) >= 11 is 1.35. The molecule has 2 rings (SSSR count). The lowest BCUT2D eigenvalue weighted by Gasteiger charge is -2.11. The Morgan fingerprint density at radius 1 is 1.17 bits per heavy atom. The van der Waals surface area contributed by atoms with Gasteiger partial charge in [0, 0.05) is 11.4 Å². The van der Waals surface area contributed by atoms with Crippen LogP contribution in [-0.2, 0) is 22.4 Å². The summed E-state index contributed by atoms with van der Waals surface area (Å²) in [5.41, 5.74) is 6.77. The molecule has 1 aliphatic carbocycles. The highest BCUT2D eigenvalue weighted by Gasteiger charge is 2.26. The lowest BCUT2D eigenvalue weighted by Crippen LogP contribution is -2.36. The number of rotatable bonds is 6. The van der Waals surface area contributed by atoms with E-state index in [2.05, 4.69) is 10.6 Å². The average molecular weight is 352 g/mol. The zero-order chi connectivity index (χ0) is 17.7. The molecule has 0 unspecified atom stereocenters. The quantitative estimate of drug-likeness (QED) is 0.518. The van der Waals surface area contributed by atoms with Crippen LogP contribution in [0.15, 0.2) is 0 Å². The molecule has 1 aromatic heterocycles. The van der Waals surface area contributed by atoms with Gasteiger partial charge in [0.25, 0.3) is 5.91 Å². The van der Waals surface area contributed by atoms with E-state index in [0.717, 1.165) is 49.1 Å². The fourth-order valence-electron chi connectivity index (χ4n) is 2.75. The van der Waals surface area contributed by atoms with Crippen LogP contribution in [0.2, 0.25) is 0 Å². The maximum Gasteiger partial charge on any atom is 0.314 e. The smallest absolute Gasteiger partial charge is 0.314 e. The Labute approximate surface area is 145 Å². The third kappa shape index (κ3) is 4.55. The maximum atomic E-state index is 12.0. The van der Waals surface area contributed by atoms with Crippen molar-refractivity contribution >= 4 is 34.1 Å². The van der Waals surface area contributed by atoms with Crippen molar-refractivity contribution < 1.29 is 14.4 Å². The number of thiophene rings is 1. The molecule has 0 spiro atoms. The summed E-state index contributed by atoms with van der Waals surface area (Å²) in [5, 5.41) is 5.53. The predicted molar refractivity (Wildman–Crippen MR) is 94.3 cm³/mol. The Morgan fingerprint density at radius 3 is 2.54 bits per heavy atom. The Morgan fingerprint density at radius 2 is 1.88 bits per heavy atom. The van der Waals surface area contributed by atoms with E-state index in [-0.39, 0.29) is 0 Å². The largest absolute Gasteiger partial charge is 0.365 e. The van der Waals surface area contributed by atoms with Crippen LogP contribution in [0.4, 0.5) is 5.00 Å². The van der Waals surface area contributed by atoms with E-state index in [0.29, 0.717) is 17.1 Å². The van der Waals surface area contributed by atoms with Crippen LogP contribution >= 0.6 is 11.3 Å². The molecule has 24 heavy (non-hydrogen) atoms. The second kappa shape index (κ2) is 8.25. The predicted octanol–water partition coefficient (Wildman–Crippen LogP) is 0.732. The van der Waals surface area contributed by atoms with Gasteiger partial charge in [0.2, 0.25) is 0 Å². The van der Waals surface area contributed by atoms with Crippen LogP contribution in [0, 0.1) is 0 Å². The van der Waals surface area contributed by atoms with Gasteiger partial charge in [-0.05, 0) is 58.3 Å². The lowest BCUT2D eigenvalue weighted by molar-refractivity contribution is -0.136. The van der Waals surface area contributed by atoms with Gasteiger partial charge in [-0.1, -0.05) is 0 Å². The van der Waals surface area contributed by atoms with Gasteiger partial charge >= 0.3 is 11.8 Å². The number of nitrogens with zero attached hydrogens (tertiary/aromatic N) is 1. The monoisotopic (exact) mass is 352 g/mol. The molecule has 0 atom stereocenters. The van der Waals surface area contributed by atoms with Gasteiger partial charge in [0.1, 0.15) is 5.00 Å². The lowest BCUT2D eigenvalue weighted by atomic mass is 9.95. The number of fused-ring (bicyclic) bond motifs is 1. The second-order valence-electron chi connectivity index (χ2n) is 6.15. The minimum absolute atomic E-state index is 0.364. The van der Waals surface area contributed by atoms with Gasteiger partial charge in [-0.2, -0.15) is 0 Å². The molecule has 1 heterocycles. The zero-order valence-corrected chi connectivity index (χ0v) is 14.9. The summed E-state index contributed by atoms with van der Waals surface area (Å²) in [7, 11) is 3.89. The fraction of sp³-hybridized carbons (Fsp3) is 0.562. The number of hydrogen-bond acceptors (Lipinski definition) is 5. The molecule has 0 radical (unpaired) electrons. The second-order valence-corrected chi connectivity index (χ2v) is 7.25. The maximum absolute atomic E-state index is 12.0. The van der Waals surface area contributed by atoms with E-state index in [1.807, 2.05) is 19.0 Å². The number of carbonyl (C=O) groups excluding carboxylic acids is 3. The molecule has 1 aliphatic rings. The van der Waals surface area contributed by atoms with Crippen molar-refractivity contribution in [1.29, 1.82) is 0 Å². The normalized spacial score (nSPS) is 13.5. The molecule has 0 aromatic carbocycles. The topological polar surface area (TPSA) is 105 Å². The summed E-state index contributed by atoms with van der Waals surface area (Å²) in [4.78, 5) is 38.8. The minimum Gasteiger partial charge on any atom is -0.365 e. The Balaban J connectivity index is 1.99. The van der Waals surface area contributed by atoms with Crippen molar-refractivity contribution in [2.45, 2.75) is 32.1 Å². The number of carbonyl (C=O) groups is 3. The summed E-state index contributed by atoms with van der Waals surface area (Å²) in [5.74, 6) is -2.02. The highest BCUT2D eigenvalue weighted by Crippen LogP contribution is 2.37. The molecule has 0 saturated heterocycles. The van der Waals surface area contributed by atoms with E-state index < -0.39 is 17.7 Å². The van der Waals surface area contributed by atoms with E-state index in [9.17, 15) is 14.4 Å². The third-order valence-electron chi connectivity index (χ3n) is 3.92. The van der Waals surface area contributed by atoms with Crippen molar-refractivity contribution in [2.24, 2.45) is 5.73 Å². The van der Waals surface area contributed by atoms with Crippen LogP contribution in [0.1, 0.15) is 40.1 Å². The molecule has 7 nitrogen and oxygen atoms in total. The molecule has 1 aromatic rings. The van der Waals surface area contributed by atoms with E-state index in [1.54, 1.807) is 0 Å². The molecular formula is C16H24N4O3S. The first kappa shape index (κ1) is 18.4. The van der Waals surface area contributed by atoms with Crippen LogP contribution in [0.25, 0.3) is 0 Å². The molecule has 132 valence electrons. The number of nitrogens with two attached hydrogens (primary N) is 1.